The van der Waals surface area contributed by atoms with E-state index in [4.69, 9.17) is 0 Å². The van der Waals surface area contributed by atoms with Crippen molar-refractivity contribution in [3.63, 3.8) is 0 Å². The monoisotopic (exact) mass is 429 g/mol. The Labute approximate surface area is 194 Å². The van der Waals surface area contributed by atoms with Crippen molar-refractivity contribution in [3.8, 4) is 11.1 Å². The lowest BCUT2D eigenvalue weighted by Crippen LogP contribution is -2.33. The average molecular weight is 430 g/mol. The zero-order chi connectivity index (χ0) is 22.1. The molecule has 1 aliphatic heterocycles. The van der Waals surface area contributed by atoms with Crippen LogP contribution < -0.4 is 4.90 Å². The van der Waals surface area contributed by atoms with Gasteiger partial charge in [-0.1, -0.05) is 78.4 Å². The number of nitrogens with zero attached hydrogens (tertiary/aromatic N) is 1. The van der Waals surface area contributed by atoms with Crippen molar-refractivity contribution in [1.82, 2.24) is 0 Å². The summed E-state index contributed by atoms with van der Waals surface area (Å²) in [6, 6.07) is 31.1. The minimum atomic E-state index is 0.125. The lowest BCUT2D eigenvalue weighted by molar-refractivity contribution is -0.121. The Bertz CT molecular complexity index is 1400. The Morgan fingerprint density at radius 2 is 1.64 bits per heavy atom. The molecule has 4 atom stereocenters. The molecule has 162 valence electrons. The van der Waals surface area contributed by atoms with Crippen LogP contribution in [0.1, 0.15) is 35.4 Å². The number of aryl methyl sites for hydroxylation is 1. The lowest BCUT2D eigenvalue weighted by atomic mass is 9.70. The average Bonchev–Trinajstić information content (AvgIpc) is 3.40. The summed E-state index contributed by atoms with van der Waals surface area (Å²) in [6.07, 6.45) is 3.15. The van der Waals surface area contributed by atoms with Crippen LogP contribution in [0, 0.1) is 18.8 Å². The quantitative estimate of drug-likeness (QED) is 0.339. The molecule has 2 heteroatoms. The largest absolute Gasteiger partial charge is 0.309 e. The number of benzene rings is 4. The van der Waals surface area contributed by atoms with Gasteiger partial charge in [-0.15, -0.1) is 0 Å². The highest BCUT2D eigenvalue weighted by Crippen LogP contribution is 2.56. The summed E-state index contributed by atoms with van der Waals surface area (Å²) in [5, 5.41) is 2.59. The molecule has 4 aromatic rings. The second-order valence-corrected chi connectivity index (χ2v) is 10.1. The smallest absolute Gasteiger partial charge is 0.231 e. The van der Waals surface area contributed by atoms with Gasteiger partial charge in [-0.3, -0.25) is 4.79 Å². The molecule has 0 bridgehead atoms. The summed E-state index contributed by atoms with van der Waals surface area (Å²) in [6.45, 7) is 2.10. The van der Waals surface area contributed by atoms with Crippen LogP contribution in [-0.2, 0) is 11.2 Å². The number of rotatable bonds is 2. The lowest BCUT2D eigenvalue weighted by Gasteiger charge is -2.32. The zero-order valence-corrected chi connectivity index (χ0v) is 18.9. The van der Waals surface area contributed by atoms with Gasteiger partial charge in [-0.05, 0) is 83.2 Å². The van der Waals surface area contributed by atoms with Crippen molar-refractivity contribution in [2.45, 2.75) is 38.1 Å². The van der Waals surface area contributed by atoms with Crippen molar-refractivity contribution in [3.05, 3.63) is 102 Å². The molecule has 2 fully saturated rings. The van der Waals surface area contributed by atoms with Gasteiger partial charge in [0.05, 0.1) is 0 Å². The third-order valence-electron chi connectivity index (χ3n) is 8.43. The van der Waals surface area contributed by atoms with Crippen molar-refractivity contribution < 1.29 is 4.79 Å². The molecule has 0 aromatic heterocycles. The van der Waals surface area contributed by atoms with E-state index in [1.807, 2.05) is 0 Å². The van der Waals surface area contributed by atoms with E-state index < -0.39 is 0 Å². The Morgan fingerprint density at radius 1 is 0.818 bits per heavy atom. The predicted molar refractivity (Wildman–Crippen MR) is 134 cm³/mol. The van der Waals surface area contributed by atoms with Crippen molar-refractivity contribution in [2.24, 2.45) is 11.8 Å². The maximum Gasteiger partial charge on any atom is 0.231 e. The maximum atomic E-state index is 13.6. The second kappa shape index (κ2) is 7.05. The highest BCUT2D eigenvalue weighted by Gasteiger charge is 2.57. The number of anilines is 1. The summed E-state index contributed by atoms with van der Waals surface area (Å²) in [5.74, 6) is 1.38. The third kappa shape index (κ3) is 2.76. The molecule has 4 aromatic carbocycles. The van der Waals surface area contributed by atoms with Gasteiger partial charge in [-0.2, -0.15) is 0 Å². The number of carbonyl (C=O) groups excluding carboxylic acids is 1. The van der Waals surface area contributed by atoms with Gasteiger partial charge in [0, 0.05) is 17.6 Å². The van der Waals surface area contributed by atoms with Gasteiger partial charge >= 0.3 is 0 Å². The Hall–Kier alpha value is -3.39. The summed E-state index contributed by atoms with van der Waals surface area (Å²) < 4.78 is 0. The standard InChI is InChI=1S/C31H27NO/c1-19-9-13-23(14-10-19)32-29-16-15-26-27-17-21(11-12-22(27)18-28(30(26)29)31(32)33)25-8-4-6-20-5-2-3-7-24(20)25/h2-14,17,26,28-30H,15-16,18H2,1H3. The van der Waals surface area contributed by atoms with E-state index in [0.29, 0.717) is 23.8 Å². The van der Waals surface area contributed by atoms with E-state index in [0.717, 1.165) is 18.5 Å². The number of fused-ring (bicyclic) bond motifs is 3. The summed E-state index contributed by atoms with van der Waals surface area (Å²) in [5.41, 5.74) is 7.78. The molecule has 1 amide bonds. The molecular weight excluding hydrogens is 402 g/mol. The van der Waals surface area contributed by atoms with Crippen molar-refractivity contribution in [2.75, 3.05) is 4.90 Å². The molecule has 1 heterocycles. The summed E-state index contributed by atoms with van der Waals surface area (Å²) >= 11 is 0. The van der Waals surface area contributed by atoms with Gasteiger partial charge in [0.25, 0.3) is 0 Å². The molecule has 3 aliphatic rings. The molecule has 2 nitrogen and oxygen atoms in total. The van der Waals surface area contributed by atoms with E-state index in [9.17, 15) is 4.79 Å². The van der Waals surface area contributed by atoms with E-state index >= 15 is 0 Å². The third-order valence-corrected chi connectivity index (χ3v) is 8.43. The first-order valence-corrected chi connectivity index (χ1v) is 12.2. The van der Waals surface area contributed by atoms with Gasteiger partial charge in [-0.25, -0.2) is 0 Å². The van der Waals surface area contributed by atoms with Crippen LogP contribution in [0.5, 0.6) is 0 Å². The fraction of sp³-hybridized carbons (Fsp3) is 0.258. The molecule has 2 aliphatic carbocycles. The highest BCUT2D eigenvalue weighted by molar-refractivity contribution is 6.00. The summed E-state index contributed by atoms with van der Waals surface area (Å²) in [7, 11) is 0. The van der Waals surface area contributed by atoms with Crippen molar-refractivity contribution in [1.29, 1.82) is 0 Å². The number of carbonyl (C=O) groups is 1. The van der Waals surface area contributed by atoms with Gasteiger partial charge in [0.15, 0.2) is 0 Å². The van der Waals surface area contributed by atoms with Crippen LogP contribution in [-0.4, -0.2) is 11.9 Å². The first kappa shape index (κ1) is 19.1. The van der Waals surface area contributed by atoms with E-state index in [-0.39, 0.29) is 5.92 Å². The molecule has 0 spiro atoms. The minimum absolute atomic E-state index is 0.125. The van der Waals surface area contributed by atoms with Gasteiger partial charge < -0.3 is 4.90 Å². The number of hydrogen-bond donors (Lipinski definition) is 0. The Morgan fingerprint density at radius 3 is 2.52 bits per heavy atom. The Balaban J connectivity index is 1.30. The first-order chi connectivity index (χ1) is 16.2. The Kier molecular flexibility index (Phi) is 4.08. The molecule has 0 N–H and O–H groups in total. The normalized spacial score (nSPS) is 25.4. The van der Waals surface area contributed by atoms with Crippen molar-refractivity contribution >= 4 is 22.4 Å². The molecule has 0 radical (unpaired) electrons. The molecule has 7 rings (SSSR count). The fourth-order valence-electron chi connectivity index (χ4n) is 6.98. The van der Waals surface area contributed by atoms with Crippen LogP contribution in [0.15, 0.2) is 84.9 Å². The fourth-order valence-corrected chi connectivity index (χ4v) is 6.98. The van der Waals surface area contributed by atoms with E-state index in [1.54, 1.807) is 0 Å². The summed E-state index contributed by atoms with van der Waals surface area (Å²) in [4.78, 5) is 15.7. The van der Waals surface area contributed by atoms with Crippen LogP contribution in [0.2, 0.25) is 0 Å². The van der Waals surface area contributed by atoms with Crippen LogP contribution >= 0.6 is 0 Å². The van der Waals surface area contributed by atoms with E-state index in [1.165, 1.54) is 45.0 Å². The SMILES string of the molecule is Cc1ccc(N2C(=O)C3Cc4ccc(-c5cccc6ccccc56)cc4C4CCC2C34)cc1. The van der Waals surface area contributed by atoms with Gasteiger partial charge in [0.1, 0.15) is 0 Å². The molecular formula is C31H27NO. The van der Waals surface area contributed by atoms with Gasteiger partial charge in [0.2, 0.25) is 5.91 Å². The number of hydrogen-bond acceptors (Lipinski definition) is 1. The predicted octanol–water partition coefficient (Wildman–Crippen LogP) is 6.90. The first-order valence-electron chi connectivity index (χ1n) is 12.2. The maximum absolute atomic E-state index is 13.6. The highest BCUT2D eigenvalue weighted by atomic mass is 16.2. The minimum Gasteiger partial charge on any atom is -0.309 e. The molecule has 4 unspecified atom stereocenters. The molecule has 1 saturated carbocycles. The number of amides is 1. The topological polar surface area (TPSA) is 20.3 Å². The zero-order valence-electron chi connectivity index (χ0n) is 18.9. The second-order valence-electron chi connectivity index (χ2n) is 10.1. The van der Waals surface area contributed by atoms with Crippen LogP contribution in [0.3, 0.4) is 0 Å². The molecule has 33 heavy (non-hydrogen) atoms. The molecule has 1 saturated heterocycles. The van der Waals surface area contributed by atoms with E-state index in [2.05, 4.69) is 96.8 Å². The van der Waals surface area contributed by atoms with Crippen LogP contribution in [0.4, 0.5) is 5.69 Å². The van der Waals surface area contributed by atoms with Crippen LogP contribution in [0.25, 0.3) is 21.9 Å².